The minimum Gasteiger partial charge on any atom is -0.352 e. The molecule has 0 spiro atoms. The normalized spacial score (nSPS) is 18.9. The van der Waals surface area contributed by atoms with Crippen molar-refractivity contribution in [3.8, 4) is 5.69 Å². The molecule has 3 aromatic rings. The predicted octanol–water partition coefficient (Wildman–Crippen LogP) is 5.43. The van der Waals surface area contributed by atoms with Crippen molar-refractivity contribution in [2.75, 3.05) is 6.54 Å². The van der Waals surface area contributed by atoms with E-state index in [1.54, 1.807) is 0 Å². The smallest absolute Gasteiger partial charge is 0.170 e. The summed E-state index contributed by atoms with van der Waals surface area (Å²) in [5, 5.41) is 4.37. The van der Waals surface area contributed by atoms with Crippen molar-refractivity contribution in [1.82, 2.24) is 19.8 Å². The minimum atomic E-state index is 0.0319. The first-order valence-corrected chi connectivity index (χ1v) is 11.0. The molecule has 0 amide bonds. The van der Waals surface area contributed by atoms with Gasteiger partial charge in [0.05, 0.1) is 17.8 Å². The maximum absolute atomic E-state index is 5.78. The van der Waals surface area contributed by atoms with Gasteiger partial charge in [-0.2, -0.15) is 0 Å². The lowest BCUT2D eigenvalue weighted by Crippen LogP contribution is -2.33. The molecule has 0 bridgehead atoms. The Labute approximate surface area is 184 Å². The summed E-state index contributed by atoms with van der Waals surface area (Å²) in [6.45, 7) is 11.9. The molecule has 1 aromatic carbocycles. The zero-order valence-corrected chi connectivity index (χ0v) is 19.2. The summed E-state index contributed by atoms with van der Waals surface area (Å²) < 4.78 is 2.35. The van der Waals surface area contributed by atoms with E-state index >= 15 is 0 Å². The molecule has 2 unspecified atom stereocenters. The van der Waals surface area contributed by atoms with E-state index in [-0.39, 0.29) is 12.1 Å². The lowest BCUT2D eigenvalue weighted by molar-refractivity contribution is 0.287. The Balaban J connectivity index is 1.83. The molecule has 1 N–H and O–H groups in total. The number of thiocarbonyl (C=S) groups is 1. The van der Waals surface area contributed by atoms with Crippen LogP contribution in [-0.4, -0.2) is 26.1 Å². The highest BCUT2D eigenvalue weighted by Crippen LogP contribution is 2.41. The molecule has 0 saturated carbocycles. The van der Waals surface area contributed by atoms with Crippen LogP contribution in [-0.2, 0) is 0 Å². The average molecular weight is 419 g/mol. The summed E-state index contributed by atoms with van der Waals surface area (Å²) in [6.07, 6.45) is 1.86. The Hall–Kier alpha value is -2.66. The minimum absolute atomic E-state index is 0.0319. The third-order valence-electron chi connectivity index (χ3n) is 5.84. The second-order valence-corrected chi connectivity index (χ2v) is 9.06. The van der Waals surface area contributed by atoms with E-state index in [1.165, 1.54) is 28.2 Å². The Morgan fingerprint density at radius 2 is 1.80 bits per heavy atom. The molecule has 1 aliphatic heterocycles. The van der Waals surface area contributed by atoms with Gasteiger partial charge in [0.15, 0.2) is 5.11 Å². The maximum atomic E-state index is 5.78. The first-order chi connectivity index (χ1) is 14.4. The molecule has 156 valence electrons. The highest BCUT2D eigenvalue weighted by atomic mass is 32.1. The predicted molar refractivity (Wildman–Crippen MR) is 127 cm³/mol. The number of nitrogens with zero attached hydrogens (tertiary/aromatic N) is 3. The Morgan fingerprint density at radius 1 is 1.07 bits per heavy atom. The molecule has 0 radical (unpaired) electrons. The van der Waals surface area contributed by atoms with Crippen LogP contribution in [0.2, 0.25) is 0 Å². The van der Waals surface area contributed by atoms with E-state index in [0.29, 0.717) is 5.92 Å². The Kier molecular flexibility index (Phi) is 5.65. The van der Waals surface area contributed by atoms with Gasteiger partial charge in [-0.1, -0.05) is 37.6 Å². The van der Waals surface area contributed by atoms with Crippen molar-refractivity contribution < 1.29 is 0 Å². The van der Waals surface area contributed by atoms with Crippen LogP contribution in [0.1, 0.15) is 54.1 Å². The van der Waals surface area contributed by atoms with Gasteiger partial charge in [0.1, 0.15) is 0 Å². The Bertz CT molecular complexity index is 1040. The van der Waals surface area contributed by atoms with Crippen LogP contribution < -0.4 is 5.32 Å². The van der Waals surface area contributed by atoms with Crippen LogP contribution in [0.5, 0.6) is 0 Å². The van der Waals surface area contributed by atoms with Crippen LogP contribution in [0, 0.1) is 26.7 Å². The first kappa shape index (κ1) is 20.6. The zero-order chi connectivity index (χ0) is 21.4. The Morgan fingerprint density at radius 3 is 2.43 bits per heavy atom. The molecular formula is C25H30N4S. The summed E-state index contributed by atoms with van der Waals surface area (Å²) in [6, 6.07) is 17.3. The van der Waals surface area contributed by atoms with Crippen LogP contribution >= 0.6 is 12.2 Å². The van der Waals surface area contributed by atoms with Gasteiger partial charge >= 0.3 is 0 Å². The number of pyridine rings is 1. The fraction of sp³-hybridized carbons (Fsp3) is 0.360. The number of hydrogen-bond donors (Lipinski definition) is 1. The van der Waals surface area contributed by atoms with Crippen molar-refractivity contribution in [3.63, 3.8) is 0 Å². The lowest BCUT2D eigenvalue weighted by Gasteiger charge is -2.29. The molecule has 3 heterocycles. The molecule has 0 aliphatic carbocycles. The van der Waals surface area contributed by atoms with Gasteiger partial charge in [0.2, 0.25) is 0 Å². The quantitative estimate of drug-likeness (QED) is 0.561. The molecule has 1 fully saturated rings. The van der Waals surface area contributed by atoms with Crippen molar-refractivity contribution in [2.24, 2.45) is 5.92 Å². The molecular weight excluding hydrogens is 388 g/mol. The molecule has 4 rings (SSSR count). The number of aromatic nitrogens is 2. The molecule has 1 aliphatic rings. The average Bonchev–Trinajstić information content (AvgIpc) is 3.19. The fourth-order valence-corrected chi connectivity index (χ4v) is 4.83. The molecule has 4 nitrogen and oxygen atoms in total. The number of rotatable bonds is 5. The van der Waals surface area contributed by atoms with Crippen LogP contribution in [0.3, 0.4) is 0 Å². The monoisotopic (exact) mass is 418 g/mol. The van der Waals surface area contributed by atoms with Gasteiger partial charge < -0.3 is 14.8 Å². The second-order valence-electron chi connectivity index (χ2n) is 8.67. The standard InChI is InChI=1S/C25H30N4S/c1-16(2)15-28-24(23(27-25(28)30)22-8-6-7-13-26-22)21-14-18(4)29(19(21)5)20-11-9-17(3)10-12-20/h6-14,16,23-24H,15H2,1-5H3,(H,27,30). The van der Waals surface area contributed by atoms with Crippen molar-refractivity contribution in [1.29, 1.82) is 0 Å². The van der Waals surface area contributed by atoms with Gasteiger partial charge in [0, 0.05) is 29.8 Å². The second kappa shape index (κ2) is 8.23. The third kappa shape index (κ3) is 3.74. The number of hydrogen-bond acceptors (Lipinski definition) is 2. The largest absolute Gasteiger partial charge is 0.352 e. The van der Waals surface area contributed by atoms with Crippen molar-refractivity contribution >= 4 is 17.3 Å². The zero-order valence-electron chi connectivity index (χ0n) is 18.4. The van der Waals surface area contributed by atoms with Crippen molar-refractivity contribution in [2.45, 2.75) is 46.7 Å². The van der Waals surface area contributed by atoms with Gasteiger partial charge in [0.25, 0.3) is 0 Å². The van der Waals surface area contributed by atoms with Crippen LogP contribution in [0.4, 0.5) is 0 Å². The fourth-order valence-electron chi connectivity index (χ4n) is 4.51. The summed E-state index contributed by atoms with van der Waals surface area (Å²) in [4.78, 5) is 7.00. The lowest BCUT2D eigenvalue weighted by atomic mass is 9.96. The highest BCUT2D eigenvalue weighted by Gasteiger charge is 2.41. The van der Waals surface area contributed by atoms with Gasteiger partial charge in [-0.25, -0.2) is 0 Å². The van der Waals surface area contributed by atoms with Gasteiger partial charge in [-0.3, -0.25) is 4.98 Å². The molecule has 30 heavy (non-hydrogen) atoms. The van der Waals surface area contributed by atoms with E-state index in [4.69, 9.17) is 12.2 Å². The van der Waals surface area contributed by atoms with E-state index in [0.717, 1.165) is 17.4 Å². The molecule has 1 saturated heterocycles. The summed E-state index contributed by atoms with van der Waals surface area (Å²) >= 11 is 5.78. The van der Waals surface area contributed by atoms with E-state index in [2.05, 4.69) is 90.8 Å². The first-order valence-electron chi connectivity index (χ1n) is 10.6. The summed E-state index contributed by atoms with van der Waals surface area (Å²) in [7, 11) is 0. The molecule has 5 heteroatoms. The molecule has 2 atom stereocenters. The number of nitrogens with one attached hydrogen (secondary N) is 1. The summed E-state index contributed by atoms with van der Waals surface area (Å²) in [5.41, 5.74) is 7.27. The maximum Gasteiger partial charge on any atom is 0.170 e. The van der Waals surface area contributed by atoms with Gasteiger partial charge in [-0.15, -0.1) is 0 Å². The topological polar surface area (TPSA) is 33.1 Å². The summed E-state index contributed by atoms with van der Waals surface area (Å²) in [5.74, 6) is 0.510. The van der Waals surface area contributed by atoms with Crippen LogP contribution in [0.25, 0.3) is 5.69 Å². The van der Waals surface area contributed by atoms with E-state index < -0.39 is 0 Å². The molecule has 2 aromatic heterocycles. The third-order valence-corrected chi connectivity index (χ3v) is 6.19. The van der Waals surface area contributed by atoms with E-state index in [9.17, 15) is 0 Å². The SMILES string of the molecule is Cc1ccc(-n2c(C)cc(C3C(c4ccccn4)NC(=S)N3CC(C)C)c2C)cc1. The van der Waals surface area contributed by atoms with Gasteiger partial charge in [-0.05, 0) is 74.8 Å². The van der Waals surface area contributed by atoms with Crippen LogP contribution in [0.15, 0.2) is 54.7 Å². The number of aryl methyl sites for hydroxylation is 2. The van der Waals surface area contributed by atoms with Crippen molar-refractivity contribution in [3.05, 3.63) is 82.9 Å². The number of benzene rings is 1. The van der Waals surface area contributed by atoms with E-state index in [1.807, 2.05) is 18.3 Å². The highest BCUT2D eigenvalue weighted by molar-refractivity contribution is 7.80.